The van der Waals surface area contributed by atoms with Crippen molar-refractivity contribution in [2.45, 2.75) is 31.5 Å². The zero-order valence-corrected chi connectivity index (χ0v) is 11.4. The molecule has 0 amide bonds. The lowest BCUT2D eigenvalue weighted by Crippen LogP contribution is -2.49. The molecule has 114 valence electrons. The largest absolute Gasteiger partial charge is 0.401 e. The molecule has 1 unspecified atom stereocenters. The van der Waals surface area contributed by atoms with Crippen LogP contribution in [0.4, 0.5) is 13.2 Å². The first kappa shape index (κ1) is 16.7. The fraction of sp³-hybridized carbons (Fsp3) is 1.00. The Labute approximate surface area is 112 Å². The molecule has 0 bridgehead atoms. The number of rotatable bonds is 6. The molecular formula is C12H24F3N3O. The second-order valence-corrected chi connectivity index (χ2v) is 5.65. The Morgan fingerprint density at radius 3 is 2.11 bits per heavy atom. The zero-order valence-electron chi connectivity index (χ0n) is 11.4. The predicted molar refractivity (Wildman–Crippen MR) is 67.8 cm³/mol. The zero-order chi connectivity index (χ0) is 14.5. The number of aliphatic hydroxyl groups excluding tert-OH is 1. The van der Waals surface area contributed by atoms with Gasteiger partial charge in [0.1, 0.15) is 0 Å². The number of aliphatic hydroxyl groups is 1. The summed E-state index contributed by atoms with van der Waals surface area (Å²) in [6.45, 7) is 4.01. The predicted octanol–water partition coefficient (Wildman–Crippen LogP) is 0.656. The van der Waals surface area contributed by atoms with E-state index in [1.54, 1.807) is 6.92 Å². The second-order valence-electron chi connectivity index (χ2n) is 5.65. The molecule has 1 aliphatic rings. The molecular weight excluding hydrogens is 259 g/mol. The van der Waals surface area contributed by atoms with E-state index in [2.05, 4.69) is 4.90 Å². The van der Waals surface area contributed by atoms with Gasteiger partial charge in [-0.2, -0.15) is 13.2 Å². The van der Waals surface area contributed by atoms with E-state index in [9.17, 15) is 13.2 Å². The van der Waals surface area contributed by atoms with Crippen molar-refractivity contribution in [3.8, 4) is 0 Å². The van der Waals surface area contributed by atoms with Gasteiger partial charge >= 0.3 is 6.18 Å². The molecule has 3 N–H and O–H groups in total. The van der Waals surface area contributed by atoms with Gasteiger partial charge in [-0.1, -0.05) is 0 Å². The summed E-state index contributed by atoms with van der Waals surface area (Å²) in [6, 6.07) is 0. The van der Waals surface area contributed by atoms with Crippen LogP contribution in [0, 0.1) is 0 Å². The minimum atomic E-state index is -4.11. The second kappa shape index (κ2) is 6.88. The Kier molecular flexibility index (Phi) is 6.04. The first-order chi connectivity index (χ1) is 8.72. The van der Waals surface area contributed by atoms with Crippen molar-refractivity contribution in [2.24, 2.45) is 5.73 Å². The van der Waals surface area contributed by atoms with Crippen molar-refractivity contribution in [3.63, 3.8) is 0 Å². The summed E-state index contributed by atoms with van der Waals surface area (Å²) in [5, 5.41) is 9.02. The van der Waals surface area contributed by atoms with Crippen LogP contribution in [0.1, 0.15) is 19.8 Å². The third kappa shape index (κ3) is 7.10. The molecule has 1 atom stereocenters. The fourth-order valence-electron chi connectivity index (χ4n) is 2.21. The molecule has 1 heterocycles. The standard InChI is InChI=1S/C12H24F3N3O/c1-11(16,10-19)3-2-4-17-5-7-18(8-6-17)9-12(13,14)15/h19H,2-10,16H2,1H3. The van der Waals surface area contributed by atoms with Crippen LogP contribution >= 0.6 is 0 Å². The van der Waals surface area contributed by atoms with Crippen LogP contribution in [0.15, 0.2) is 0 Å². The van der Waals surface area contributed by atoms with Gasteiger partial charge in [-0.15, -0.1) is 0 Å². The minimum absolute atomic E-state index is 0.0492. The SMILES string of the molecule is CC(N)(CO)CCCN1CCN(CC(F)(F)F)CC1. The lowest BCUT2D eigenvalue weighted by atomic mass is 9.98. The quantitative estimate of drug-likeness (QED) is 0.752. The van der Waals surface area contributed by atoms with Gasteiger partial charge < -0.3 is 15.7 Å². The van der Waals surface area contributed by atoms with Gasteiger partial charge in [0.15, 0.2) is 0 Å². The van der Waals surface area contributed by atoms with Crippen LogP contribution in [0.25, 0.3) is 0 Å². The Morgan fingerprint density at radius 1 is 1.11 bits per heavy atom. The normalized spacial score (nSPS) is 22.4. The van der Waals surface area contributed by atoms with E-state index in [-0.39, 0.29) is 6.61 Å². The van der Waals surface area contributed by atoms with Gasteiger partial charge in [0.25, 0.3) is 0 Å². The maximum atomic E-state index is 12.2. The van der Waals surface area contributed by atoms with E-state index < -0.39 is 18.3 Å². The Balaban J connectivity index is 2.17. The van der Waals surface area contributed by atoms with E-state index in [4.69, 9.17) is 10.8 Å². The lowest BCUT2D eigenvalue weighted by molar-refractivity contribution is -0.149. The molecule has 0 aromatic heterocycles. The molecule has 1 rings (SSSR count). The maximum Gasteiger partial charge on any atom is 0.401 e. The van der Waals surface area contributed by atoms with Crippen molar-refractivity contribution in [3.05, 3.63) is 0 Å². The molecule has 1 fully saturated rings. The smallest absolute Gasteiger partial charge is 0.394 e. The van der Waals surface area contributed by atoms with Crippen molar-refractivity contribution in [1.29, 1.82) is 0 Å². The van der Waals surface area contributed by atoms with Crippen molar-refractivity contribution in [2.75, 3.05) is 45.9 Å². The Hall–Kier alpha value is -0.370. The number of alkyl halides is 3. The van der Waals surface area contributed by atoms with E-state index in [1.165, 1.54) is 4.90 Å². The van der Waals surface area contributed by atoms with Crippen LogP contribution in [-0.4, -0.2) is 72.5 Å². The summed E-state index contributed by atoms with van der Waals surface area (Å²) in [4.78, 5) is 3.59. The summed E-state index contributed by atoms with van der Waals surface area (Å²) in [7, 11) is 0. The van der Waals surface area contributed by atoms with Crippen LogP contribution < -0.4 is 5.73 Å². The van der Waals surface area contributed by atoms with E-state index in [0.717, 1.165) is 13.0 Å². The molecule has 0 radical (unpaired) electrons. The highest BCUT2D eigenvalue weighted by molar-refractivity contribution is 4.79. The van der Waals surface area contributed by atoms with Crippen molar-refractivity contribution < 1.29 is 18.3 Å². The third-order valence-electron chi connectivity index (χ3n) is 3.45. The molecule has 7 heteroatoms. The number of nitrogens with zero attached hydrogens (tertiary/aromatic N) is 2. The first-order valence-corrected chi connectivity index (χ1v) is 6.63. The summed E-state index contributed by atoms with van der Waals surface area (Å²) < 4.78 is 36.7. The molecule has 19 heavy (non-hydrogen) atoms. The fourth-order valence-corrected chi connectivity index (χ4v) is 2.21. The number of hydrogen-bond acceptors (Lipinski definition) is 4. The number of nitrogens with two attached hydrogens (primary N) is 1. The topological polar surface area (TPSA) is 52.7 Å². The molecule has 0 aromatic rings. The van der Waals surface area contributed by atoms with Gasteiger partial charge in [-0.05, 0) is 26.3 Å². The van der Waals surface area contributed by atoms with Crippen LogP contribution in [0.2, 0.25) is 0 Å². The average molecular weight is 283 g/mol. The first-order valence-electron chi connectivity index (χ1n) is 6.63. The van der Waals surface area contributed by atoms with Gasteiger partial charge in [0.2, 0.25) is 0 Å². The van der Waals surface area contributed by atoms with Gasteiger partial charge in [-0.3, -0.25) is 4.90 Å². The van der Waals surface area contributed by atoms with E-state index in [0.29, 0.717) is 32.6 Å². The third-order valence-corrected chi connectivity index (χ3v) is 3.45. The Bertz CT molecular complexity index is 263. The molecule has 0 aliphatic carbocycles. The molecule has 1 aliphatic heterocycles. The molecule has 0 saturated carbocycles. The number of piperazine rings is 1. The van der Waals surface area contributed by atoms with Crippen LogP contribution in [0.3, 0.4) is 0 Å². The molecule has 1 saturated heterocycles. The van der Waals surface area contributed by atoms with Gasteiger partial charge in [0.05, 0.1) is 13.2 Å². The lowest BCUT2D eigenvalue weighted by Gasteiger charge is -2.35. The monoisotopic (exact) mass is 283 g/mol. The highest BCUT2D eigenvalue weighted by atomic mass is 19.4. The van der Waals surface area contributed by atoms with Gasteiger partial charge in [-0.25, -0.2) is 0 Å². The number of halogens is 3. The van der Waals surface area contributed by atoms with Crippen molar-refractivity contribution in [1.82, 2.24) is 9.80 Å². The number of hydrogen-bond donors (Lipinski definition) is 2. The van der Waals surface area contributed by atoms with Crippen molar-refractivity contribution >= 4 is 0 Å². The summed E-state index contributed by atoms with van der Waals surface area (Å²) in [5.74, 6) is 0. The van der Waals surface area contributed by atoms with Gasteiger partial charge in [0, 0.05) is 31.7 Å². The highest BCUT2D eigenvalue weighted by Crippen LogP contribution is 2.17. The maximum absolute atomic E-state index is 12.2. The summed E-state index contributed by atoms with van der Waals surface area (Å²) in [5.41, 5.74) is 5.26. The molecule has 0 spiro atoms. The molecule has 0 aromatic carbocycles. The summed E-state index contributed by atoms with van der Waals surface area (Å²) in [6.07, 6.45) is -2.54. The minimum Gasteiger partial charge on any atom is -0.394 e. The van der Waals surface area contributed by atoms with Crippen LogP contribution in [0.5, 0.6) is 0 Å². The van der Waals surface area contributed by atoms with E-state index >= 15 is 0 Å². The average Bonchev–Trinajstić information content (AvgIpc) is 2.29. The highest BCUT2D eigenvalue weighted by Gasteiger charge is 2.32. The molecule has 4 nitrogen and oxygen atoms in total. The van der Waals surface area contributed by atoms with E-state index in [1.807, 2.05) is 0 Å². The van der Waals surface area contributed by atoms with Crippen LogP contribution in [-0.2, 0) is 0 Å². The Morgan fingerprint density at radius 2 is 1.63 bits per heavy atom. The summed E-state index contributed by atoms with van der Waals surface area (Å²) >= 11 is 0.